The molecule has 2 amide bonds. The molecule has 154 valence electrons. The van der Waals surface area contributed by atoms with Gasteiger partial charge in [-0.15, -0.1) is 0 Å². The highest BCUT2D eigenvalue weighted by atomic mass is 16.5. The third-order valence-corrected chi connectivity index (χ3v) is 4.95. The molecule has 1 heterocycles. The first-order valence-electron chi connectivity index (χ1n) is 9.87. The summed E-state index contributed by atoms with van der Waals surface area (Å²) in [4.78, 5) is 27.1. The summed E-state index contributed by atoms with van der Waals surface area (Å²) in [5.41, 5.74) is 2.37. The standard InChI is InChI=1S/C23H28N2O4/c1-16-14-25(15-17(2)29-16)23(27)20-11-9-18(10-12-20)13-24-22(26)21(28-3)19-7-5-4-6-8-19/h4-12,16-17,21H,13-15H2,1-3H3,(H,24,26). The third kappa shape index (κ3) is 5.43. The van der Waals surface area contributed by atoms with Gasteiger partial charge in [0.2, 0.25) is 0 Å². The Balaban J connectivity index is 1.57. The van der Waals surface area contributed by atoms with Gasteiger partial charge in [0.25, 0.3) is 11.8 Å². The molecule has 3 atom stereocenters. The van der Waals surface area contributed by atoms with Gasteiger partial charge in [-0.05, 0) is 37.1 Å². The number of amides is 2. The Bertz CT molecular complexity index is 813. The van der Waals surface area contributed by atoms with Gasteiger partial charge in [-0.2, -0.15) is 0 Å². The van der Waals surface area contributed by atoms with Crippen LogP contribution in [0.2, 0.25) is 0 Å². The number of hydrogen-bond acceptors (Lipinski definition) is 4. The number of methoxy groups -OCH3 is 1. The fourth-order valence-electron chi connectivity index (χ4n) is 3.60. The van der Waals surface area contributed by atoms with Crippen molar-refractivity contribution in [2.75, 3.05) is 20.2 Å². The molecule has 2 aromatic carbocycles. The van der Waals surface area contributed by atoms with E-state index in [1.165, 1.54) is 7.11 Å². The minimum Gasteiger partial charge on any atom is -0.372 e. The summed E-state index contributed by atoms with van der Waals surface area (Å²) in [7, 11) is 1.52. The van der Waals surface area contributed by atoms with E-state index < -0.39 is 6.10 Å². The number of rotatable bonds is 6. The minimum atomic E-state index is -0.651. The topological polar surface area (TPSA) is 67.9 Å². The summed E-state index contributed by atoms with van der Waals surface area (Å²) in [5, 5.41) is 2.90. The summed E-state index contributed by atoms with van der Waals surface area (Å²) in [5.74, 6) is -0.193. The van der Waals surface area contributed by atoms with Crippen LogP contribution in [0.3, 0.4) is 0 Å². The second-order valence-corrected chi connectivity index (χ2v) is 7.41. The molecule has 0 bridgehead atoms. The normalized spacial score (nSPS) is 20.2. The van der Waals surface area contributed by atoms with Crippen LogP contribution in [0.15, 0.2) is 54.6 Å². The van der Waals surface area contributed by atoms with E-state index in [4.69, 9.17) is 9.47 Å². The van der Waals surface area contributed by atoms with Gasteiger partial charge >= 0.3 is 0 Å². The Morgan fingerprint density at radius 3 is 2.28 bits per heavy atom. The molecule has 3 unspecified atom stereocenters. The van der Waals surface area contributed by atoms with Crippen LogP contribution < -0.4 is 5.32 Å². The smallest absolute Gasteiger partial charge is 0.254 e. The molecule has 0 aliphatic carbocycles. The molecule has 1 aliphatic heterocycles. The number of benzene rings is 2. The third-order valence-electron chi connectivity index (χ3n) is 4.95. The fraction of sp³-hybridized carbons (Fsp3) is 0.391. The molecule has 1 aliphatic rings. The van der Waals surface area contributed by atoms with E-state index in [2.05, 4.69) is 5.32 Å². The van der Waals surface area contributed by atoms with E-state index >= 15 is 0 Å². The van der Waals surface area contributed by atoms with Gasteiger partial charge in [0.05, 0.1) is 12.2 Å². The van der Waals surface area contributed by atoms with Gasteiger partial charge < -0.3 is 19.7 Å². The Morgan fingerprint density at radius 2 is 1.69 bits per heavy atom. The van der Waals surface area contributed by atoms with Crippen LogP contribution in [-0.4, -0.2) is 49.1 Å². The molecule has 6 heteroatoms. The monoisotopic (exact) mass is 396 g/mol. The largest absolute Gasteiger partial charge is 0.372 e. The number of ether oxygens (including phenoxy) is 2. The van der Waals surface area contributed by atoms with Gasteiger partial charge in [-0.3, -0.25) is 9.59 Å². The highest BCUT2D eigenvalue weighted by Crippen LogP contribution is 2.17. The quantitative estimate of drug-likeness (QED) is 0.815. The lowest BCUT2D eigenvalue weighted by atomic mass is 10.1. The van der Waals surface area contributed by atoms with Crippen molar-refractivity contribution in [2.45, 2.75) is 38.7 Å². The maximum absolute atomic E-state index is 12.7. The highest BCUT2D eigenvalue weighted by molar-refractivity contribution is 5.94. The zero-order chi connectivity index (χ0) is 20.8. The summed E-state index contributed by atoms with van der Waals surface area (Å²) in [6.45, 7) is 5.51. The van der Waals surface area contributed by atoms with Gasteiger partial charge in [-0.25, -0.2) is 0 Å². The maximum atomic E-state index is 12.7. The predicted molar refractivity (Wildman–Crippen MR) is 110 cm³/mol. The van der Waals surface area contributed by atoms with Gasteiger partial charge in [0, 0.05) is 32.3 Å². The molecule has 0 saturated carbocycles. The number of morpholine rings is 1. The molecule has 1 saturated heterocycles. The van der Waals surface area contributed by atoms with Gasteiger partial charge in [-0.1, -0.05) is 42.5 Å². The van der Waals surface area contributed by atoms with Crippen LogP contribution in [0.5, 0.6) is 0 Å². The second kappa shape index (κ2) is 9.67. The van der Waals surface area contributed by atoms with Crippen LogP contribution >= 0.6 is 0 Å². The molecule has 0 spiro atoms. The lowest BCUT2D eigenvalue weighted by Crippen LogP contribution is -2.48. The predicted octanol–water partition coefficient (Wildman–Crippen LogP) is 2.94. The van der Waals surface area contributed by atoms with E-state index in [0.29, 0.717) is 25.2 Å². The first-order valence-corrected chi connectivity index (χ1v) is 9.87. The summed E-state index contributed by atoms with van der Waals surface area (Å²) in [6, 6.07) is 16.7. The van der Waals surface area contributed by atoms with Crippen LogP contribution in [0, 0.1) is 0 Å². The Morgan fingerprint density at radius 1 is 1.07 bits per heavy atom. The van der Waals surface area contributed by atoms with Crippen LogP contribution in [0.25, 0.3) is 0 Å². The number of carbonyl (C=O) groups is 2. The average molecular weight is 396 g/mol. The van der Waals surface area contributed by atoms with E-state index in [0.717, 1.165) is 11.1 Å². The SMILES string of the molecule is COC(C(=O)NCc1ccc(C(=O)N2CC(C)OC(C)C2)cc1)c1ccccc1. The zero-order valence-corrected chi connectivity index (χ0v) is 17.1. The lowest BCUT2D eigenvalue weighted by Gasteiger charge is -2.35. The molecule has 1 N–H and O–H groups in total. The number of carbonyl (C=O) groups excluding carboxylic acids is 2. The number of nitrogens with one attached hydrogen (secondary N) is 1. The molecule has 6 nitrogen and oxygen atoms in total. The Labute approximate surface area is 171 Å². The second-order valence-electron chi connectivity index (χ2n) is 7.41. The van der Waals surface area contributed by atoms with E-state index in [1.807, 2.05) is 61.2 Å². The maximum Gasteiger partial charge on any atom is 0.254 e. The van der Waals surface area contributed by atoms with Crippen LogP contribution in [0.4, 0.5) is 0 Å². The zero-order valence-electron chi connectivity index (χ0n) is 17.1. The molecule has 0 radical (unpaired) electrons. The van der Waals surface area contributed by atoms with Crippen LogP contribution in [0.1, 0.15) is 41.4 Å². The Hall–Kier alpha value is -2.70. The molecule has 3 rings (SSSR count). The van der Waals surface area contributed by atoms with Crippen molar-refractivity contribution in [1.29, 1.82) is 0 Å². The van der Waals surface area contributed by atoms with Crippen molar-refractivity contribution in [1.82, 2.24) is 10.2 Å². The van der Waals surface area contributed by atoms with Crippen molar-refractivity contribution in [2.24, 2.45) is 0 Å². The van der Waals surface area contributed by atoms with Crippen molar-refractivity contribution >= 4 is 11.8 Å². The first kappa shape index (κ1) is 21.0. The van der Waals surface area contributed by atoms with Crippen molar-refractivity contribution in [3.05, 3.63) is 71.3 Å². The van der Waals surface area contributed by atoms with Crippen LogP contribution in [-0.2, 0) is 20.8 Å². The van der Waals surface area contributed by atoms with Gasteiger partial charge in [0.1, 0.15) is 0 Å². The number of hydrogen-bond donors (Lipinski definition) is 1. The van der Waals surface area contributed by atoms with Crippen molar-refractivity contribution in [3.8, 4) is 0 Å². The molecule has 29 heavy (non-hydrogen) atoms. The molecule has 1 fully saturated rings. The van der Waals surface area contributed by atoms with E-state index in [9.17, 15) is 9.59 Å². The average Bonchev–Trinajstić information content (AvgIpc) is 2.73. The van der Waals surface area contributed by atoms with Gasteiger partial charge in [0.15, 0.2) is 6.10 Å². The van der Waals surface area contributed by atoms with E-state index in [1.54, 1.807) is 12.1 Å². The highest BCUT2D eigenvalue weighted by Gasteiger charge is 2.26. The lowest BCUT2D eigenvalue weighted by molar-refractivity contribution is -0.131. The minimum absolute atomic E-state index is 0.00566. The van der Waals surface area contributed by atoms with Crippen molar-refractivity contribution in [3.63, 3.8) is 0 Å². The Kier molecular flexibility index (Phi) is 7.01. The van der Waals surface area contributed by atoms with Crippen molar-refractivity contribution < 1.29 is 19.1 Å². The molecule has 0 aromatic heterocycles. The van der Waals surface area contributed by atoms with E-state index in [-0.39, 0.29) is 24.0 Å². The molecular formula is C23H28N2O4. The summed E-state index contributed by atoms with van der Waals surface area (Å²) >= 11 is 0. The molecular weight excluding hydrogens is 368 g/mol. The molecule has 2 aromatic rings. The number of nitrogens with zero attached hydrogens (tertiary/aromatic N) is 1. The summed E-state index contributed by atoms with van der Waals surface area (Å²) < 4.78 is 11.0. The first-order chi connectivity index (χ1) is 14.0. The summed E-state index contributed by atoms with van der Waals surface area (Å²) in [6.07, 6.45) is -0.576. The fourth-order valence-corrected chi connectivity index (χ4v) is 3.60.